The zero-order valence-electron chi connectivity index (χ0n) is 20.0. The number of aromatic nitrogens is 4. The summed E-state index contributed by atoms with van der Waals surface area (Å²) in [5.41, 5.74) is 4.22. The molecule has 0 radical (unpaired) electrons. The van der Waals surface area contributed by atoms with Gasteiger partial charge in [0.25, 0.3) is 0 Å². The Kier molecular flexibility index (Phi) is 7.03. The summed E-state index contributed by atoms with van der Waals surface area (Å²) in [4.78, 5) is 22.3. The highest BCUT2D eigenvalue weighted by atomic mass is 16.5. The van der Waals surface area contributed by atoms with Gasteiger partial charge >= 0.3 is 0 Å². The van der Waals surface area contributed by atoms with Crippen molar-refractivity contribution in [3.05, 3.63) is 54.4 Å². The summed E-state index contributed by atoms with van der Waals surface area (Å²) in [6, 6.07) is 6.19. The molecule has 0 spiro atoms. The zero-order valence-corrected chi connectivity index (χ0v) is 20.0. The molecule has 0 aliphatic carbocycles. The van der Waals surface area contributed by atoms with Crippen molar-refractivity contribution in [1.82, 2.24) is 24.8 Å². The van der Waals surface area contributed by atoms with Crippen molar-refractivity contribution < 1.29 is 9.47 Å². The Bertz CT molecular complexity index is 1070. The molecule has 0 N–H and O–H groups in total. The first-order valence-electron chi connectivity index (χ1n) is 11.3. The lowest BCUT2D eigenvalue weighted by atomic mass is 9.97. The number of anilines is 1. The summed E-state index contributed by atoms with van der Waals surface area (Å²) >= 11 is 0. The lowest BCUT2D eigenvalue weighted by molar-refractivity contribution is 0.229. The molecule has 33 heavy (non-hydrogen) atoms. The SMILES string of the molecule is COc1ccc(CN2CC[C@H](c3nc(N(C)C)ncc3-c3cncnc3)C2)cc1OC(C)C. The molecule has 1 atom stereocenters. The Labute approximate surface area is 195 Å². The minimum absolute atomic E-state index is 0.0920. The van der Waals surface area contributed by atoms with Crippen LogP contribution in [-0.4, -0.2) is 65.2 Å². The largest absolute Gasteiger partial charge is 0.493 e. The molecule has 0 unspecified atom stereocenters. The van der Waals surface area contributed by atoms with Crippen LogP contribution in [0.5, 0.6) is 11.5 Å². The third-order valence-electron chi connectivity index (χ3n) is 5.73. The molecule has 1 aliphatic heterocycles. The number of hydrogen-bond donors (Lipinski definition) is 0. The summed E-state index contributed by atoms with van der Waals surface area (Å²) in [6.45, 7) is 6.83. The molecule has 4 rings (SSSR count). The minimum Gasteiger partial charge on any atom is -0.493 e. The molecule has 1 aliphatic rings. The average molecular weight is 449 g/mol. The van der Waals surface area contributed by atoms with E-state index in [-0.39, 0.29) is 6.10 Å². The number of benzene rings is 1. The van der Waals surface area contributed by atoms with Crippen LogP contribution < -0.4 is 14.4 Å². The molecule has 1 fully saturated rings. The van der Waals surface area contributed by atoms with E-state index in [0.717, 1.165) is 60.3 Å². The Morgan fingerprint density at radius 3 is 2.61 bits per heavy atom. The maximum absolute atomic E-state index is 5.96. The van der Waals surface area contributed by atoms with Crippen LogP contribution >= 0.6 is 0 Å². The number of ether oxygens (including phenoxy) is 2. The first kappa shape index (κ1) is 22.9. The van der Waals surface area contributed by atoms with Gasteiger partial charge in [-0.15, -0.1) is 0 Å². The lowest BCUT2D eigenvalue weighted by Crippen LogP contribution is -2.21. The summed E-state index contributed by atoms with van der Waals surface area (Å²) in [6.07, 6.45) is 8.22. The molecule has 0 bridgehead atoms. The van der Waals surface area contributed by atoms with Gasteiger partial charge in [-0.1, -0.05) is 6.07 Å². The minimum atomic E-state index is 0.0920. The van der Waals surface area contributed by atoms with Gasteiger partial charge < -0.3 is 14.4 Å². The van der Waals surface area contributed by atoms with Gasteiger partial charge in [0.05, 0.1) is 18.9 Å². The van der Waals surface area contributed by atoms with Gasteiger partial charge in [0.15, 0.2) is 11.5 Å². The van der Waals surface area contributed by atoms with Gasteiger partial charge in [-0.05, 0) is 44.5 Å². The molecule has 8 heteroatoms. The van der Waals surface area contributed by atoms with Crippen LogP contribution in [0.15, 0.2) is 43.1 Å². The number of nitrogens with zero attached hydrogens (tertiary/aromatic N) is 6. The normalized spacial score (nSPS) is 16.2. The van der Waals surface area contributed by atoms with Crippen LogP contribution in [0.3, 0.4) is 0 Å². The topological polar surface area (TPSA) is 76.5 Å². The molecule has 1 saturated heterocycles. The Hall–Kier alpha value is -3.26. The van der Waals surface area contributed by atoms with Crippen molar-refractivity contribution in [3.63, 3.8) is 0 Å². The van der Waals surface area contributed by atoms with E-state index in [1.807, 2.05) is 57.5 Å². The summed E-state index contributed by atoms with van der Waals surface area (Å²) in [5.74, 6) is 2.58. The van der Waals surface area contributed by atoms with Gasteiger partial charge in [-0.3, -0.25) is 4.90 Å². The predicted octanol–water partition coefficient (Wildman–Crippen LogP) is 3.78. The smallest absolute Gasteiger partial charge is 0.225 e. The quantitative estimate of drug-likeness (QED) is 0.515. The molecule has 3 aromatic rings. The first-order chi connectivity index (χ1) is 15.9. The van der Waals surface area contributed by atoms with Crippen LogP contribution in [0.2, 0.25) is 0 Å². The van der Waals surface area contributed by atoms with Gasteiger partial charge in [0.2, 0.25) is 5.95 Å². The van der Waals surface area contributed by atoms with Crippen molar-refractivity contribution in [3.8, 4) is 22.6 Å². The molecule has 2 aromatic heterocycles. The number of methoxy groups -OCH3 is 1. The van der Waals surface area contributed by atoms with E-state index < -0.39 is 0 Å². The number of hydrogen-bond acceptors (Lipinski definition) is 8. The number of rotatable bonds is 8. The summed E-state index contributed by atoms with van der Waals surface area (Å²) in [7, 11) is 5.60. The van der Waals surface area contributed by atoms with Gasteiger partial charge in [-0.2, -0.15) is 0 Å². The molecule has 1 aromatic carbocycles. The molecular formula is C25H32N6O2. The molecule has 174 valence electrons. The summed E-state index contributed by atoms with van der Waals surface area (Å²) in [5, 5.41) is 0. The fraction of sp³-hybridized carbons (Fsp3) is 0.440. The van der Waals surface area contributed by atoms with Crippen molar-refractivity contribution in [1.29, 1.82) is 0 Å². The van der Waals surface area contributed by atoms with E-state index in [1.165, 1.54) is 5.56 Å². The highest BCUT2D eigenvalue weighted by molar-refractivity contribution is 5.65. The standard InChI is InChI=1S/C25H32N6O2/c1-17(2)33-23-10-18(6-7-22(23)32-5)14-31-9-8-19(15-31)24-21(20-11-26-16-27-12-20)13-28-25(29-24)30(3)4/h6-7,10-13,16-17,19H,8-9,14-15H2,1-5H3/t19-/m0/s1. The molecule has 0 amide bonds. The Morgan fingerprint density at radius 2 is 1.91 bits per heavy atom. The van der Waals surface area contributed by atoms with Crippen LogP contribution in [0.4, 0.5) is 5.95 Å². The highest BCUT2D eigenvalue weighted by Gasteiger charge is 2.28. The predicted molar refractivity (Wildman–Crippen MR) is 129 cm³/mol. The van der Waals surface area contributed by atoms with Gasteiger partial charge in [-0.25, -0.2) is 19.9 Å². The second-order valence-electron chi connectivity index (χ2n) is 8.86. The maximum atomic E-state index is 5.96. The van der Waals surface area contributed by atoms with Crippen LogP contribution in [0.25, 0.3) is 11.1 Å². The second kappa shape index (κ2) is 10.1. The van der Waals surface area contributed by atoms with Crippen molar-refractivity contribution in [2.75, 3.05) is 39.2 Å². The van der Waals surface area contributed by atoms with E-state index in [1.54, 1.807) is 13.4 Å². The van der Waals surface area contributed by atoms with Crippen molar-refractivity contribution in [2.45, 2.75) is 38.8 Å². The first-order valence-corrected chi connectivity index (χ1v) is 11.3. The maximum Gasteiger partial charge on any atom is 0.225 e. The molecule has 8 nitrogen and oxygen atoms in total. The van der Waals surface area contributed by atoms with Gasteiger partial charge in [0.1, 0.15) is 6.33 Å². The van der Waals surface area contributed by atoms with E-state index in [9.17, 15) is 0 Å². The average Bonchev–Trinajstić information content (AvgIpc) is 3.27. The van der Waals surface area contributed by atoms with Crippen molar-refractivity contribution in [2.24, 2.45) is 0 Å². The third-order valence-corrected chi connectivity index (χ3v) is 5.73. The fourth-order valence-electron chi connectivity index (χ4n) is 4.20. The second-order valence-corrected chi connectivity index (χ2v) is 8.86. The highest BCUT2D eigenvalue weighted by Crippen LogP contribution is 2.35. The fourth-order valence-corrected chi connectivity index (χ4v) is 4.20. The Balaban J connectivity index is 1.55. The van der Waals surface area contributed by atoms with Crippen LogP contribution in [0, 0.1) is 0 Å². The van der Waals surface area contributed by atoms with E-state index in [2.05, 4.69) is 32.0 Å². The molecule has 0 saturated carbocycles. The van der Waals surface area contributed by atoms with E-state index in [0.29, 0.717) is 5.92 Å². The van der Waals surface area contributed by atoms with Crippen molar-refractivity contribution >= 4 is 5.95 Å². The van der Waals surface area contributed by atoms with E-state index >= 15 is 0 Å². The van der Waals surface area contributed by atoms with Crippen LogP contribution in [-0.2, 0) is 6.54 Å². The zero-order chi connectivity index (χ0) is 23.4. The molecular weight excluding hydrogens is 416 g/mol. The third kappa shape index (κ3) is 5.39. The lowest BCUT2D eigenvalue weighted by Gasteiger charge is -2.20. The molecule has 3 heterocycles. The Morgan fingerprint density at radius 1 is 1.12 bits per heavy atom. The van der Waals surface area contributed by atoms with Gasteiger partial charge in [0, 0.05) is 62.8 Å². The van der Waals surface area contributed by atoms with Crippen LogP contribution in [0.1, 0.15) is 37.4 Å². The summed E-state index contributed by atoms with van der Waals surface area (Å²) < 4.78 is 11.4. The van der Waals surface area contributed by atoms with E-state index in [4.69, 9.17) is 14.5 Å². The monoisotopic (exact) mass is 448 g/mol. The number of likely N-dealkylation sites (tertiary alicyclic amines) is 1.